The molecule has 0 bridgehead atoms. The summed E-state index contributed by atoms with van der Waals surface area (Å²) in [6, 6.07) is 17.8. The second-order valence-electron chi connectivity index (χ2n) is 10.2. The molecule has 0 spiro atoms. The van der Waals surface area contributed by atoms with Crippen molar-refractivity contribution >= 4 is 69.8 Å². The minimum absolute atomic E-state index is 0.00891. The second-order valence-corrected chi connectivity index (χ2v) is 11.5. The zero-order valence-electron chi connectivity index (χ0n) is 23.8. The van der Waals surface area contributed by atoms with Crippen molar-refractivity contribution in [3.8, 4) is 0 Å². The number of aromatic nitrogens is 4. The number of imidazole rings is 1. The van der Waals surface area contributed by atoms with Gasteiger partial charge < -0.3 is 24.7 Å². The Balaban J connectivity index is 1.39. The Morgan fingerprint density at radius 3 is 1.81 bits per heavy atom. The minimum atomic E-state index is -1.40. The highest BCUT2D eigenvalue weighted by Gasteiger charge is 2.52. The van der Waals surface area contributed by atoms with Crippen LogP contribution in [0.3, 0.4) is 0 Å². The molecule has 5 aromatic rings. The molecule has 3 heterocycles. The number of fused-ring (bicyclic) bond motifs is 1. The van der Waals surface area contributed by atoms with Gasteiger partial charge in [0.15, 0.2) is 29.6 Å². The Kier molecular flexibility index (Phi) is 9.14. The lowest BCUT2D eigenvalue weighted by Crippen LogP contribution is -2.41. The molecular weight excluding hydrogens is 677 g/mol. The van der Waals surface area contributed by atoms with Gasteiger partial charge in [-0.2, -0.15) is 4.98 Å². The molecule has 0 radical (unpaired) electrons. The number of esters is 3. The molecule has 3 N–H and O–H groups in total. The standard InChI is InChI=1S/C31H22Cl3N5O8/c32-18-7-1-15(2-8-18)28(41)44-13-21-23(46-29(42)16-3-9-19(33)10-4-16)24(47-30(43)17-5-11-20(34)12-6-17)27(45-21)39-14-36-22-25(39)37-31(35)38-26(22)40/h1-12,14,21,23-24,27H,13H2,(H3,35,37,38,40). The molecule has 0 aliphatic carbocycles. The molecule has 4 unspecified atom stereocenters. The molecule has 1 saturated heterocycles. The molecule has 1 aliphatic rings. The van der Waals surface area contributed by atoms with E-state index in [4.69, 9.17) is 59.5 Å². The number of aromatic amines is 1. The van der Waals surface area contributed by atoms with Crippen LogP contribution in [0.4, 0.5) is 5.95 Å². The van der Waals surface area contributed by atoms with Crippen molar-refractivity contribution in [3.63, 3.8) is 0 Å². The highest BCUT2D eigenvalue weighted by molar-refractivity contribution is 6.31. The fourth-order valence-electron chi connectivity index (χ4n) is 4.85. The van der Waals surface area contributed by atoms with E-state index in [9.17, 15) is 19.2 Å². The van der Waals surface area contributed by atoms with Gasteiger partial charge in [0.05, 0.1) is 23.0 Å². The lowest BCUT2D eigenvalue weighted by molar-refractivity contribution is -0.0606. The highest BCUT2D eigenvalue weighted by Crippen LogP contribution is 2.37. The number of nitrogens with zero attached hydrogens (tertiary/aromatic N) is 3. The van der Waals surface area contributed by atoms with Gasteiger partial charge >= 0.3 is 17.9 Å². The number of benzene rings is 3. The van der Waals surface area contributed by atoms with E-state index in [0.29, 0.717) is 15.1 Å². The number of hydrogen-bond donors (Lipinski definition) is 2. The molecule has 0 saturated carbocycles. The lowest BCUT2D eigenvalue weighted by atomic mass is 10.1. The number of nitrogens with one attached hydrogen (secondary N) is 1. The third kappa shape index (κ3) is 6.93. The molecule has 1 fully saturated rings. The zero-order chi connectivity index (χ0) is 33.2. The van der Waals surface area contributed by atoms with Crippen LogP contribution in [0, 0.1) is 0 Å². The van der Waals surface area contributed by atoms with Crippen molar-refractivity contribution in [2.45, 2.75) is 24.5 Å². The molecule has 3 aromatic carbocycles. The molecule has 47 heavy (non-hydrogen) atoms. The topological polar surface area (TPSA) is 178 Å². The fraction of sp³-hybridized carbons (Fsp3) is 0.161. The van der Waals surface area contributed by atoms with Crippen molar-refractivity contribution in [1.29, 1.82) is 0 Å². The Labute approximate surface area is 280 Å². The molecular formula is C31H22Cl3N5O8. The number of H-pyrrole nitrogens is 1. The maximum Gasteiger partial charge on any atom is 0.338 e. The van der Waals surface area contributed by atoms with Gasteiger partial charge in [0.1, 0.15) is 12.7 Å². The van der Waals surface area contributed by atoms with Crippen LogP contribution in [-0.2, 0) is 18.9 Å². The quantitative estimate of drug-likeness (QED) is 0.167. The SMILES string of the molecule is Nc1nc2c(ncn2C2OC(COC(=O)c3ccc(Cl)cc3)C(OC(=O)c3ccc(Cl)cc3)C2OC(=O)c2ccc(Cl)cc2)c(=O)[nH]1. The number of nitrogens with two attached hydrogens (primary N) is 1. The average molecular weight is 699 g/mol. The van der Waals surface area contributed by atoms with Gasteiger partial charge in [0.2, 0.25) is 5.95 Å². The molecule has 240 valence electrons. The van der Waals surface area contributed by atoms with Crippen molar-refractivity contribution < 1.29 is 33.3 Å². The summed E-state index contributed by atoms with van der Waals surface area (Å²) >= 11 is 17.9. The number of nitrogen functional groups attached to an aromatic ring is 1. The number of halogens is 3. The van der Waals surface area contributed by atoms with Gasteiger partial charge in [-0.1, -0.05) is 34.8 Å². The highest BCUT2D eigenvalue weighted by atomic mass is 35.5. The van der Waals surface area contributed by atoms with E-state index in [2.05, 4.69) is 15.0 Å². The van der Waals surface area contributed by atoms with Crippen LogP contribution in [0.15, 0.2) is 83.9 Å². The normalized spacial score (nSPS) is 19.0. The Morgan fingerprint density at radius 1 is 0.787 bits per heavy atom. The summed E-state index contributed by atoms with van der Waals surface area (Å²) in [4.78, 5) is 63.0. The number of hydrogen-bond acceptors (Lipinski definition) is 11. The number of carbonyl (C=O) groups is 3. The summed E-state index contributed by atoms with van der Waals surface area (Å²) in [5, 5.41) is 1.20. The van der Waals surface area contributed by atoms with E-state index in [1.165, 1.54) is 83.7 Å². The predicted octanol–water partition coefficient (Wildman–Crippen LogP) is 4.87. The molecule has 1 aliphatic heterocycles. The molecule has 0 amide bonds. The second kappa shape index (κ2) is 13.4. The first-order valence-corrected chi connectivity index (χ1v) is 14.9. The van der Waals surface area contributed by atoms with E-state index < -0.39 is 54.6 Å². The van der Waals surface area contributed by atoms with Gasteiger partial charge in [-0.3, -0.25) is 14.3 Å². The van der Waals surface area contributed by atoms with E-state index in [0.717, 1.165) is 0 Å². The van der Waals surface area contributed by atoms with Crippen LogP contribution in [0.25, 0.3) is 11.2 Å². The molecule has 16 heteroatoms. The number of ether oxygens (including phenoxy) is 4. The maximum absolute atomic E-state index is 13.4. The third-order valence-corrected chi connectivity index (χ3v) is 7.87. The van der Waals surface area contributed by atoms with Gasteiger partial charge in [-0.25, -0.2) is 19.4 Å². The molecule has 13 nitrogen and oxygen atoms in total. The van der Waals surface area contributed by atoms with E-state index >= 15 is 0 Å². The Bertz CT molecular complexity index is 2020. The Hall–Kier alpha value is -4.95. The summed E-state index contributed by atoms with van der Waals surface area (Å²) < 4.78 is 25.0. The first kappa shape index (κ1) is 32.0. The smallest absolute Gasteiger partial charge is 0.338 e. The lowest BCUT2D eigenvalue weighted by Gasteiger charge is -2.25. The number of carbonyl (C=O) groups excluding carboxylic acids is 3. The average Bonchev–Trinajstić information content (AvgIpc) is 3.61. The summed E-state index contributed by atoms with van der Waals surface area (Å²) in [6.45, 7) is -0.450. The van der Waals surface area contributed by atoms with Gasteiger partial charge in [-0.15, -0.1) is 0 Å². The summed E-state index contributed by atoms with van der Waals surface area (Å²) in [5.74, 6) is -2.57. The number of rotatable bonds is 8. The van der Waals surface area contributed by atoms with E-state index in [1.807, 2.05) is 0 Å². The van der Waals surface area contributed by atoms with Crippen molar-refractivity contribution in [2.75, 3.05) is 12.3 Å². The van der Waals surface area contributed by atoms with Crippen molar-refractivity contribution in [3.05, 3.63) is 121 Å². The van der Waals surface area contributed by atoms with Crippen LogP contribution >= 0.6 is 34.8 Å². The maximum atomic E-state index is 13.4. The van der Waals surface area contributed by atoms with Crippen LogP contribution in [0.1, 0.15) is 37.3 Å². The van der Waals surface area contributed by atoms with Crippen molar-refractivity contribution in [1.82, 2.24) is 19.5 Å². The predicted molar refractivity (Wildman–Crippen MR) is 170 cm³/mol. The van der Waals surface area contributed by atoms with Crippen LogP contribution in [0.2, 0.25) is 15.1 Å². The van der Waals surface area contributed by atoms with Gasteiger partial charge in [-0.05, 0) is 72.8 Å². The van der Waals surface area contributed by atoms with E-state index in [1.54, 1.807) is 0 Å². The van der Waals surface area contributed by atoms with Crippen molar-refractivity contribution in [2.24, 2.45) is 0 Å². The summed E-state index contributed by atoms with van der Waals surface area (Å²) in [6.07, 6.45) is -4.03. The van der Waals surface area contributed by atoms with Crippen LogP contribution < -0.4 is 11.3 Å². The Morgan fingerprint density at radius 2 is 1.28 bits per heavy atom. The monoisotopic (exact) mass is 697 g/mol. The van der Waals surface area contributed by atoms with E-state index in [-0.39, 0.29) is 33.8 Å². The van der Waals surface area contributed by atoms with Gasteiger partial charge in [0.25, 0.3) is 5.56 Å². The zero-order valence-corrected chi connectivity index (χ0v) is 26.1. The molecule has 2 aromatic heterocycles. The molecule has 6 rings (SSSR count). The fourth-order valence-corrected chi connectivity index (χ4v) is 5.22. The molecule has 4 atom stereocenters. The van der Waals surface area contributed by atoms with Gasteiger partial charge in [0, 0.05) is 15.1 Å². The first-order chi connectivity index (χ1) is 22.6. The van der Waals surface area contributed by atoms with Crippen LogP contribution in [-0.4, -0.2) is 62.3 Å². The number of anilines is 1. The van der Waals surface area contributed by atoms with Crippen LogP contribution in [0.5, 0.6) is 0 Å². The largest absolute Gasteiger partial charge is 0.459 e. The summed E-state index contributed by atoms with van der Waals surface area (Å²) in [7, 11) is 0. The first-order valence-electron chi connectivity index (χ1n) is 13.8. The summed E-state index contributed by atoms with van der Waals surface area (Å²) in [5.41, 5.74) is 5.54. The minimum Gasteiger partial charge on any atom is -0.459 e. The third-order valence-electron chi connectivity index (χ3n) is 7.12.